The summed E-state index contributed by atoms with van der Waals surface area (Å²) in [6, 6.07) is 13.4. The second kappa shape index (κ2) is 6.85. The van der Waals surface area contributed by atoms with Crippen molar-refractivity contribution in [1.29, 1.82) is 5.41 Å². The van der Waals surface area contributed by atoms with Crippen molar-refractivity contribution in [3.05, 3.63) is 70.5 Å². The van der Waals surface area contributed by atoms with E-state index < -0.39 is 0 Å². The van der Waals surface area contributed by atoms with Crippen LogP contribution < -0.4 is 9.64 Å². The molecule has 0 radical (unpaired) electrons. The number of methoxy groups -OCH3 is 1. The number of anilines is 1. The number of aromatic nitrogens is 1. The monoisotopic (exact) mass is 381 g/mol. The number of hydrogen-bond acceptors (Lipinski definition) is 5. The first-order valence-electron chi connectivity index (χ1n) is 8.21. The van der Waals surface area contributed by atoms with Crippen molar-refractivity contribution in [2.24, 2.45) is 0 Å². The Bertz CT molecular complexity index is 1040. The van der Waals surface area contributed by atoms with Crippen LogP contribution in [0, 0.1) is 11.2 Å². The van der Waals surface area contributed by atoms with Crippen LogP contribution >= 0.6 is 11.3 Å². The molecule has 0 amide bonds. The van der Waals surface area contributed by atoms with Crippen molar-refractivity contribution in [1.82, 2.24) is 4.98 Å². The molecule has 1 aliphatic heterocycles. The highest BCUT2D eigenvalue weighted by atomic mass is 32.1. The standard InChI is InChI=1S/C20H16FN3O2S/c1-26-15-4-2-3-14(9-15)24-10-17(25)18(19(24)22)20-23-16(11-27-20)12-5-7-13(21)8-6-12/h2-9,11,22,25H,10H2,1H3. The van der Waals surface area contributed by atoms with Crippen LogP contribution in [0.3, 0.4) is 0 Å². The van der Waals surface area contributed by atoms with Crippen molar-refractivity contribution in [2.45, 2.75) is 0 Å². The van der Waals surface area contributed by atoms with E-state index in [0.29, 0.717) is 22.0 Å². The number of nitrogens with one attached hydrogen (secondary N) is 1. The number of nitrogens with zero attached hydrogens (tertiary/aromatic N) is 2. The first kappa shape index (κ1) is 17.2. The summed E-state index contributed by atoms with van der Waals surface area (Å²) in [5, 5.41) is 21.4. The summed E-state index contributed by atoms with van der Waals surface area (Å²) in [4.78, 5) is 6.24. The zero-order valence-corrected chi connectivity index (χ0v) is 15.3. The molecule has 0 bridgehead atoms. The van der Waals surface area contributed by atoms with Crippen LogP contribution in [0.2, 0.25) is 0 Å². The number of rotatable bonds is 4. The fourth-order valence-corrected chi connectivity index (χ4v) is 3.84. The summed E-state index contributed by atoms with van der Waals surface area (Å²) < 4.78 is 18.4. The molecule has 27 heavy (non-hydrogen) atoms. The Morgan fingerprint density at radius 3 is 2.74 bits per heavy atom. The van der Waals surface area contributed by atoms with E-state index in [2.05, 4.69) is 4.98 Å². The van der Waals surface area contributed by atoms with Gasteiger partial charge in [0, 0.05) is 22.7 Å². The van der Waals surface area contributed by atoms with Gasteiger partial charge in [-0.1, -0.05) is 6.07 Å². The van der Waals surface area contributed by atoms with Crippen molar-refractivity contribution in [2.75, 3.05) is 18.6 Å². The Balaban J connectivity index is 1.63. The van der Waals surface area contributed by atoms with E-state index in [1.54, 1.807) is 24.1 Å². The summed E-state index contributed by atoms with van der Waals surface area (Å²) in [5.74, 6) is 0.658. The predicted molar refractivity (Wildman–Crippen MR) is 105 cm³/mol. The van der Waals surface area contributed by atoms with Gasteiger partial charge in [-0.05, 0) is 36.4 Å². The van der Waals surface area contributed by atoms with Crippen LogP contribution in [-0.4, -0.2) is 29.6 Å². The minimum Gasteiger partial charge on any atom is -0.510 e. The largest absolute Gasteiger partial charge is 0.510 e. The molecule has 1 aliphatic rings. The zero-order valence-electron chi connectivity index (χ0n) is 14.4. The van der Waals surface area contributed by atoms with Gasteiger partial charge >= 0.3 is 0 Å². The molecule has 0 aliphatic carbocycles. The number of aliphatic hydroxyl groups excluding tert-OH is 1. The highest BCUT2D eigenvalue weighted by Crippen LogP contribution is 2.35. The molecule has 136 valence electrons. The SMILES string of the molecule is COc1cccc(N2CC(O)=C(c3nc(-c4ccc(F)cc4)cs3)C2=N)c1. The molecule has 0 fully saturated rings. The molecule has 5 nitrogen and oxygen atoms in total. The molecule has 2 N–H and O–H groups in total. The number of ether oxygens (including phenoxy) is 1. The van der Waals surface area contributed by atoms with Crippen molar-refractivity contribution >= 4 is 28.4 Å². The minimum atomic E-state index is -0.305. The normalized spacial score (nSPS) is 14.1. The third-order valence-electron chi connectivity index (χ3n) is 4.33. The summed E-state index contributed by atoms with van der Waals surface area (Å²) >= 11 is 1.34. The first-order valence-corrected chi connectivity index (χ1v) is 9.09. The molecule has 0 saturated carbocycles. The first-order chi connectivity index (χ1) is 13.1. The average molecular weight is 381 g/mol. The van der Waals surface area contributed by atoms with E-state index in [1.807, 2.05) is 29.6 Å². The summed E-state index contributed by atoms with van der Waals surface area (Å²) in [6.45, 7) is 0.201. The van der Waals surface area contributed by atoms with E-state index >= 15 is 0 Å². The Kier molecular flexibility index (Phi) is 4.37. The molecule has 3 aromatic rings. The van der Waals surface area contributed by atoms with Crippen LogP contribution in [0.15, 0.2) is 59.7 Å². The van der Waals surface area contributed by atoms with Gasteiger partial charge in [-0.25, -0.2) is 9.37 Å². The van der Waals surface area contributed by atoms with Gasteiger partial charge < -0.3 is 14.7 Å². The van der Waals surface area contributed by atoms with Gasteiger partial charge in [0.05, 0.1) is 24.9 Å². The number of hydrogen-bond donors (Lipinski definition) is 2. The fourth-order valence-electron chi connectivity index (χ4n) is 2.94. The van der Waals surface area contributed by atoms with Gasteiger partial charge in [0.25, 0.3) is 0 Å². The molecule has 2 aromatic carbocycles. The smallest absolute Gasteiger partial charge is 0.139 e. The second-order valence-corrected chi connectivity index (χ2v) is 6.86. The predicted octanol–water partition coefficient (Wildman–Crippen LogP) is 4.72. The number of thiazole rings is 1. The molecule has 2 heterocycles. The molecule has 0 spiro atoms. The maximum absolute atomic E-state index is 13.1. The molecule has 1 aromatic heterocycles. The zero-order chi connectivity index (χ0) is 19.0. The number of halogens is 1. The Hall–Kier alpha value is -3.19. The number of benzene rings is 2. The van der Waals surface area contributed by atoms with E-state index in [-0.39, 0.29) is 24.0 Å². The molecular formula is C20H16FN3O2S. The lowest BCUT2D eigenvalue weighted by Crippen LogP contribution is -2.25. The van der Waals surface area contributed by atoms with Gasteiger partial charge in [0.15, 0.2) is 0 Å². The fraction of sp³-hybridized carbons (Fsp3) is 0.100. The Labute approximate surface area is 159 Å². The van der Waals surface area contributed by atoms with Crippen LogP contribution in [0.4, 0.5) is 10.1 Å². The highest BCUT2D eigenvalue weighted by Gasteiger charge is 2.31. The van der Waals surface area contributed by atoms with Crippen LogP contribution in [-0.2, 0) is 0 Å². The lowest BCUT2D eigenvalue weighted by atomic mass is 10.2. The van der Waals surface area contributed by atoms with Gasteiger partial charge in [-0.15, -0.1) is 11.3 Å². The second-order valence-electron chi connectivity index (χ2n) is 6.00. The maximum Gasteiger partial charge on any atom is 0.139 e. The lowest BCUT2D eigenvalue weighted by Gasteiger charge is -2.19. The Morgan fingerprint density at radius 2 is 2.00 bits per heavy atom. The molecular weight excluding hydrogens is 365 g/mol. The van der Waals surface area contributed by atoms with Crippen molar-refractivity contribution in [3.63, 3.8) is 0 Å². The number of aliphatic hydroxyl groups is 1. The Morgan fingerprint density at radius 1 is 1.22 bits per heavy atom. The van der Waals surface area contributed by atoms with E-state index in [1.165, 1.54) is 23.5 Å². The van der Waals surface area contributed by atoms with Gasteiger partial charge in [0.2, 0.25) is 0 Å². The minimum absolute atomic E-state index is 0.0998. The topological polar surface area (TPSA) is 69.4 Å². The summed E-state index contributed by atoms with van der Waals surface area (Å²) in [6.07, 6.45) is 0. The molecule has 0 saturated heterocycles. The van der Waals surface area contributed by atoms with E-state index in [0.717, 1.165) is 11.3 Å². The van der Waals surface area contributed by atoms with E-state index in [9.17, 15) is 9.50 Å². The van der Waals surface area contributed by atoms with Gasteiger partial charge in [-0.2, -0.15) is 0 Å². The molecule has 4 rings (SSSR count). The third kappa shape index (κ3) is 3.17. The van der Waals surface area contributed by atoms with Gasteiger partial charge in [-0.3, -0.25) is 5.41 Å². The van der Waals surface area contributed by atoms with Crippen molar-refractivity contribution < 1.29 is 14.2 Å². The van der Waals surface area contributed by atoms with Crippen molar-refractivity contribution in [3.8, 4) is 17.0 Å². The van der Waals surface area contributed by atoms with Crippen LogP contribution in [0.5, 0.6) is 5.75 Å². The molecule has 0 atom stereocenters. The third-order valence-corrected chi connectivity index (χ3v) is 5.19. The molecule has 7 heteroatoms. The van der Waals surface area contributed by atoms with Crippen LogP contribution in [0.1, 0.15) is 5.01 Å². The maximum atomic E-state index is 13.1. The molecule has 0 unspecified atom stereocenters. The summed E-state index contributed by atoms with van der Waals surface area (Å²) in [5.41, 5.74) is 2.64. The van der Waals surface area contributed by atoms with E-state index in [4.69, 9.17) is 10.1 Å². The summed E-state index contributed by atoms with van der Waals surface area (Å²) in [7, 11) is 1.59. The highest BCUT2D eigenvalue weighted by molar-refractivity contribution is 7.11. The number of amidine groups is 1. The lowest BCUT2D eigenvalue weighted by molar-refractivity contribution is 0.410. The quantitative estimate of drug-likeness (QED) is 0.686. The average Bonchev–Trinajstić information content (AvgIpc) is 3.27. The van der Waals surface area contributed by atoms with Crippen LogP contribution in [0.25, 0.3) is 16.8 Å². The van der Waals surface area contributed by atoms with Gasteiger partial charge in [0.1, 0.15) is 28.2 Å².